The van der Waals surface area contributed by atoms with E-state index in [2.05, 4.69) is 22.6 Å². The average molecular weight is 383 g/mol. The Kier molecular flexibility index (Phi) is 4.49. The van der Waals surface area contributed by atoms with E-state index in [1.807, 2.05) is 6.07 Å². The van der Waals surface area contributed by atoms with Crippen LogP contribution in [0, 0.1) is 3.57 Å². The number of benzene rings is 2. The van der Waals surface area contributed by atoms with Gasteiger partial charge < -0.3 is 15.2 Å². The van der Waals surface area contributed by atoms with Crippen molar-refractivity contribution in [3.8, 4) is 11.5 Å². The first-order chi connectivity index (χ1) is 9.56. The summed E-state index contributed by atoms with van der Waals surface area (Å²) in [4.78, 5) is 12.7. The minimum atomic E-state index is -0.155. The molecule has 20 heavy (non-hydrogen) atoms. The first kappa shape index (κ1) is 14.6. The molecule has 0 amide bonds. The van der Waals surface area contributed by atoms with Gasteiger partial charge in [0.2, 0.25) is 5.78 Å². The molecule has 0 aliphatic heterocycles. The first-order valence-corrected chi connectivity index (χ1v) is 6.96. The second-order valence-corrected chi connectivity index (χ2v) is 5.38. The largest absolute Gasteiger partial charge is 0.496 e. The highest BCUT2D eigenvalue weighted by atomic mass is 127. The van der Waals surface area contributed by atoms with Crippen LogP contribution in [0.15, 0.2) is 36.4 Å². The number of rotatable bonds is 4. The molecular formula is C15H14INO3. The quantitative estimate of drug-likeness (QED) is 0.501. The number of carbonyl (C=O) groups excluding carboxylic acids is 1. The van der Waals surface area contributed by atoms with Crippen LogP contribution < -0.4 is 15.2 Å². The van der Waals surface area contributed by atoms with Gasteiger partial charge in [-0.2, -0.15) is 0 Å². The molecule has 0 radical (unpaired) electrons. The lowest BCUT2D eigenvalue weighted by Crippen LogP contribution is -2.07. The molecule has 0 heterocycles. The van der Waals surface area contributed by atoms with Crippen molar-refractivity contribution in [1.82, 2.24) is 0 Å². The molecule has 2 aromatic carbocycles. The fraction of sp³-hybridized carbons (Fsp3) is 0.133. The van der Waals surface area contributed by atoms with Gasteiger partial charge in [0.1, 0.15) is 11.5 Å². The van der Waals surface area contributed by atoms with E-state index in [1.54, 1.807) is 37.4 Å². The summed E-state index contributed by atoms with van der Waals surface area (Å²) >= 11 is 2.16. The van der Waals surface area contributed by atoms with Gasteiger partial charge in [-0.3, -0.25) is 4.79 Å². The topological polar surface area (TPSA) is 61.5 Å². The second kappa shape index (κ2) is 6.13. The van der Waals surface area contributed by atoms with Crippen LogP contribution in [-0.4, -0.2) is 20.0 Å². The van der Waals surface area contributed by atoms with Crippen LogP contribution >= 0.6 is 22.6 Å². The Bertz CT molecular complexity index is 656. The lowest BCUT2D eigenvalue weighted by atomic mass is 10.0. The fourth-order valence-corrected chi connectivity index (χ4v) is 2.39. The summed E-state index contributed by atoms with van der Waals surface area (Å²) in [6, 6.07) is 10.4. The van der Waals surface area contributed by atoms with Crippen molar-refractivity contribution in [3.05, 3.63) is 51.1 Å². The number of anilines is 1. The van der Waals surface area contributed by atoms with Crippen molar-refractivity contribution in [2.75, 3.05) is 20.0 Å². The zero-order chi connectivity index (χ0) is 14.7. The van der Waals surface area contributed by atoms with E-state index in [1.165, 1.54) is 7.11 Å². The molecule has 0 saturated carbocycles. The van der Waals surface area contributed by atoms with Gasteiger partial charge >= 0.3 is 0 Å². The molecule has 4 nitrogen and oxygen atoms in total. The van der Waals surface area contributed by atoms with Crippen molar-refractivity contribution in [1.29, 1.82) is 0 Å². The highest BCUT2D eigenvalue weighted by molar-refractivity contribution is 14.1. The average Bonchev–Trinajstić information content (AvgIpc) is 2.46. The van der Waals surface area contributed by atoms with E-state index < -0.39 is 0 Å². The van der Waals surface area contributed by atoms with E-state index in [-0.39, 0.29) is 5.78 Å². The van der Waals surface area contributed by atoms with Gasteiger partial charge in [0, 0.05) is 15.3 Å². The van der Waals surface area contributed by atoms with Gasteiger partial charge in [0.25, 0.3) is 0 Å². The number of hydrogen-bond acceptors (Lipinski definition) is 4. The predicted molar refractivity (Wildman–Crippen MR) is 86.5 cm³/mol. The van der Waals surface area contributed by atoms with Gasteiger partial charge in [-0.15, -0.1) is 0 Å². The minimum absolute atomic E-state index is 0.155. The minimum Gasteiger partial charge on any atom is -0.496 e. The predicted octanol–water partition coefficient (Wildman–Crippen LogP) is 3.12. The number of nitrogens with two attached hydrogens (primary N) is 1. The van der Waals surface area contributed by atoms with Crippen molar-refractivity contribution in [3.63, 3.8) is 0 Å². The molecule has 5 heteroatoms. The number of ketones is 1. The number of nitrogen functional groups attached to an aromatic ring is 1. The molecule has 2 N–H and O–H groups in total. The Hall–Kier alpha value is -1.76. The van der Waals surface area contributed by atoms with E-state index in [4.69, 9.17) is 15.2 Å². The summed E-state index contributed by atoms with van der Waals surface area (Å²) in [6.45, 7) is 0. The molecule has 0 aliphatic rings. The van der Waals surface area contributed by atoms with Crippen LogP contribution in [0.1, 0.15) is 15.9 Å². The number of carbonyl (C=O) groups is 1. The fourth-order valence-electron chi connectivity index (χ4n) is 1.90. The molecule has 0 spiro atoms. The summed E-state index contributed by atoms with van der Waals surface area (Å²) in [6.07, 6.45) is 0. The highest BCUT2D eigenvalue weighted by Crippen LogP contribution is 2.29. The molecule has 0 unspecified atom stereocenters. The molecule has 104 valence electrons. The first-order valence-electron chi connectivity index (χ1n) is 5.88. The van der Waals surface area contributed by atoms with Crippen LogP contribution in [0.3, 0.4) is 0 Å². The highest BCUT2D eigenvalue weighted by Gasteiger charge is 2.18. The Morgan fingerprint density at radius 2 is 1.70 bits per heavy atom. The third kappa shape index (κ3) is 2.87. The molecule has 2 rings (SSSR count). The van der Waals surface area contributed by atoms with Gasteiger partial charge in [0.15, 0.2) is 0 Å². The molecule has 0 saturated heterocycles. The van der Waals surface area contributed by atoms with E-state index in [0.29, 0.717) is 28.3 Å². The van der Waals surface area contributed by atoms with E-state index >= 15 is 0 Å². The Morgan fingerprint density at radius 3 is 2.35 bits per heavy atom. The number of hydrogen-bond donors (Lipinski definition) is 1. The number of methoxy groups -OCH3 is 2. The zero-order valence-corrected chi connectivity index (χ0v) is 13.3. The molecule has 0 atom stereocenters. The molecule has 0 aromatic heterocycles. The van der Waals surface area contributed by atoms with Gasteiger partial charge in [0.05, 0.1) is 25.3 Å². The summed E-state index contributed by atoms with van der Waals surface area (Å²) in [5, 5.41) is 0. The van der Waals surface area contributed by atoms with E-state index in [0.717, 1.165) is 3.57 Å². The van der Waals surface area contributed by atoms with Gasteiger partial charge in [-0.25, -0.2) is 0 Å². The molecular weight excluding hydrogens is 369 g/mol. The summed E-state index contributed by atoms with van der Waals surface area (Å²) in [5.74, 6) is 0.836. The Balaban J connectivity index is 2.54. The smallest absolute Gasteiger partial charge is 0.200 e. The van der Waals surface area contributed by atoms with Gasteiger partial charge in [-0.05, 0) is 52.9 Å². The third-order valence-corrected chi connectivity index (χ3v) is 3.55. The Morgan fingerprint density at radius 1 is 1.00 bits per heavy atom. The van der Waals surface area contributed by atoms with E-state index in [9.17, 15) is 4.79 Å². The summed E-state index contributed by atoms with van der Waals surface area (Å²) in [5.41, 5.74) is 7.22. The summed E-state index contributed by atoms with van der Waals surface area (Å²) < 4.78 is 11.4. The lowest BCUT2D eigenvalue weighted by Gasteiger charge is -2.11. The normalized spacial score (nSPS) is 10.2. The number of halogens is 1. The van der Waals surface area contributed by atoms with Crippen molar-refractivity contribution < 1.29 is 14.3 Å². The number of ether oxygens (including phenoxy) is 2. The van der Waals surface area contributed by atoms with Crippen LogP contribution in [0.25, 0.3) is 0 Å². The van der Waals surface area contributed by atoms with Crippen LogP contribution in [0.2, 0.25) is 0 Å². The zero-order valence-electron chi connectivity index (χ0n) is 11.1. The summed E-state index contributed by atoms with van der Waals surface area (Å²) in [7, 11) is 3.05. The van der Waals surface area contributed by atoms with Crippen LogP contribution in [0.4, 0.5) is 5.69 Å². The monoisotopic (exact) mass is 383 g/mol. The maximum atomic E-state index is 12.7. The van der Waals surface area contributed by atoms with Crippen molar-refractivity contribution >= 4 is 34.1 Å². The van der Waals surface area contributed by atoms with Crippen LogP contribution in [0.5, 0.6) is 11.5 Å². The molecule has 0 bridgehead atoms. The Labute approximate surface area is 131 Å². The van der Waals surface area contributed by atoms with Crippen molar-refractivity contribution in [2.24, 2.45) is 0 Å². The van der Waals surface area contributed by atoms with Crippen LogP contribution in [-0.2, 0) is 0 Å². The SMILES string of the molecule is COc1cc(N)ccc1C(=O)c1cc(I)ccc1OC. The van der Waals surface area contributed by atoms with Crippen molar-refractivity contribution in [2.45, 2.75) is 0 Å². The molecule has 0 aliphatic carbocycles. The maximum absolute atomic E-state index is 12.7. The molecule has 2 aromatic rings. The van der Waals surface area contributed by atoms with Gasteiger partial charge in [-0.1, -0.05) is 0 Å². The standard InChI is InChI=1S/C15H14INO3/c1-19-13-6-3-9(16)7-12(13)15(18)11-5-4-10(17)8-14(11)20-2/h3-8H,17H2,1-2H3. The maximum Gasteiger partial charge on any atom is 0.200 e. The lowest BCUT2D eigenvalue weighted by molar-refractivity contribution is 0.103. The second-order valence-electron chi connectivity index (χ2n) is 4.13. The molecule has 0 fully saturated rings. The third-order valence-electron chi connectivity index (χ3n) is 2.88.